The van der Waals surface area contributed by atoms with Gasteiger partial charge in [-0.2, -0.15) is 26.3 Å². The number of benzene rings is 2. The van der Waals surface area contributed by atoms with Gasteiger partial charge in [-0.25, -0.2) is 4.39 Å². The first-order valence-corrected chi connectivity index (χ1v) is 12.3. The Labute approximate surface area is 220 Å². The number of ether oxygens (including phenoxy) is 1. The molecule has 39 heavy (non-hydrogen) atoms. The van der Waals surface area contributed by atoms with Gasteiger partial charge in [0.15, 0.2) is 0 Å². The lowest BCUT2D eigenvalue weighted by atomic mass is 9.81. The van der Waals surface area contributed by atoms with Gasteiger partial charge in [-0.1, -0.05) is 12.1 Å². The predicted octanol–water partition coefficient (Wildman–Crippen LogP) is 5.80. The van der Waals surface area contributed by atoms with Crippen molar-refractivity contribution in [3.05, 3.63) is 70.5 Å². The van der Waals surface area contributed by atoms with Crippen molar-refractivity contribution in [3.63, 3.8) is 0 Å². The number of halogens is 7. The van der Waals surface area contributed by atoms with Crippen molar-refractivity contribution < 1.29 is 45.1 Å². The number of carbonyl (C=O) groups excluding carboxylic acids is 2. The van der Waals surface area contributed by atoms with Gasteiger partial charge in [0.25, 0.3) is 0 Å². The molecule has 2 aliphatic heterocycles. The fourth-order valence-corrected chi connectivity index (χ4v) is 5.51. The first-order valence-electron chi connectivity index (χ1n) is 12.3. The first-order chi connectivity index (χ1) is 18.1. The summed E-state index contributed by atoms with van der Waals surface area (Å²) in [6.45, 7) is 1.36. The molecule has 2 amide bonds. The molecule has 0 N–H and O–H groups in total. The maximum Gasteiger partial charge on any atom is 0.416 e. The standard InChI is InChI=1S/C27H27F7N2O3/c1-14(16-8-18(26(29,30)31)12-19(9-16)27(32,33)34)39-22-13-36-21(24(22)15-4-6-20(28)7-5-15)10-17(11-23(36)37)25(38)35(2)3/h4-9,12,14,17,21-22,24H,10-11,13H2,1-3H3/t14-,17?,21?,22+,24?/m1/s1. The Morgan fingerprint density at radius 3 is 2.08 bits per heavy atom. The summed E-state index contributed by atoms with van der Waals surface area (Å²) < 4.78 is 100. The number of carbonyl (C=O) groups is 2. The highest BCUT2D eigenvalue weighted by atomic mass is 19.4. The molecule has 12 heteroatoms. The zero-order valence-electron chi connectivity index (χ0n) is 21.3. The Hall–Kier alpha value is -3.15. The topological polar surface area (TPSA) is 49.9 Å². The average molecular weight is 561 g/mol. The van der Waals surface area contributed by atoms with Crippen LogP contribution >= 0.6 is 0 Å². The van der Waals surface area contributed by atoms with E-state index in [0.717, 1.165) is 0 Å². The van der Waals surface area contributed by atoms with E-state index in [4.69, 9.17) is 4.74 Å². The van der Waals surface area contributed by atoms with E-state index < -0.39 is 59.4 Å². The third-order valence-corrected chi connectivity index (χ3v) is 7.36. The minimum atomic E-state index is -5.01. The molecule has 3 unspecified atom stereocenters. The summed E-state index contributed by atoms with van der Waals surface area (Å²) in [5.41, 5.74) is -2.66. The Balaban J connectivity index is 1.69. The summed E-state index contributed by atoms with van der Waals surface area (Å²) >= 11 is 0. The van der Waals surface area contributed by atoms with Crippen molar-refractivity contribution in [1.82, 2.24) is 9.80 Å². The number of fused-ring (bicyclic) bond motifs is 1. The lowest BCUT2D eigenvalue weighted by molar-refractivity contribution is -0.145. The lowest BCUT2D eigenvalue weighted by Crippen LogP contribution is -2.47. The van der Waals surface area contributed by atoms with E-state index in [1.807, 2.05) is 0 Å². The van der Waals surface area contributed by atoms with Gasteiger partial charge in [0.1, 0.15) is 5.82 Å². The highest BCUT2D eigenvalue weighted by Crippen LogP contribution is 2.45. The van der Waals surface area contributed by atoms with E-state index >= 15 is 0 Å². The van der Waals surface area contributed by atoms with Gasteiger partial charge >= 0.3 is 12.4 Å². The second-order valence-electron chi connectivity index (χ2n) is 10.2. The SMILES string of the molecule is C[C@@H](O[C@H]1CN2C(=O)CC(C(=O)N(C)C)CC2C1c1ccc(F)cc1)c1cc(C(F)(F)F)cc(C(F)(F)F)c1. The number of hydrogen-bond donors (Lipinski definition) is 0. The summed E-state index contributed by atoms with van der Waals surface area (Å²) in [7, 11) is 3.15. The third kappa shape index (κ3) is 6.05. The minimum absolute atomic E-state index is 0.0177. The molecule has 2 heterocycles. The molecule has 0 spiro atoms. The Morgan fingerprint density at radius 2 is 1.56 bits per heavy atom. The number of rotatable bonds is 5. The molecule has 212 valence electrons. The fraction of sp³-hybridized carbons (Fsp3) is 0.481. The smallest absolute Gasteiger partial charge is 0.368 e. The summed E-state index contributed by atoms with van der Waals surface area (Å²) in [6.07, 6.45) is -11.8. The molecule has 4 rings (SSSR count). The van der Waals surface area contributed by atoms with Gasteiger partial charge in [-0.15, -0.1) is 0 Å². The van der Waals surface area contributed by atoms with Crippen LogP contribution in [-0.2, 0) is 26.7 Å². The van der Waals surface area contributed by atoms with E-state index in [1.54, 1.807) is 14.1 Å². The van der Waals surface area contributed by atoms with E-state index in [1.165, 1.54) is 41.0 Å². The van der Waals surface area contributed by atoms with E-state index in [9.17, 15) is 40.3 Å². The molecule has 5 atom stereocenters. The number of alkyl halides is 6. The number of piperidine rings is 1. The monoisotopic (exact) mass is 560 g/mol. The van der Waals surface area contributed by atoms with Crippen molar-refractivity contribution in [3.8, 4) is 0 Å². The van der Waals surface area contributed by atoms with Crippen LogP contribution in [0.25, 0.3) is 0 Å². The zero-order chi connectivity index (χ0) is 28.9. The summed E-state index contributed by atoms with van der Waals surface area (Å²) in [5.74, 6) is -2.25. The Morgan fingerprint density at radius 1 is 1.00 bits per heavy atom. The van der Waals surface area contributed by atoms with Gasteiger partial charge in [-0.3, -0.25) is 9.59 Å². The van der Waals surface area contributed by atoms with E-state index in [-0.39, 0.29) is 42.8 Å². The molecule has 2 aromatic carbocycles. The van der Waals surface area contributed by atoms with Crippen LogP contribution in [0.15, 0.2) is 42.5 Å². The van der Waals surface area contributed by atoms with Crippen LogP contribution < -0.4 is 0 Å². The molecule has 2 fully saturated rings. The van der Waals surface area contributed by atoms with Crippen molar-refractivity contribution >= 4 is 11.8 Å². The van der Waals surface area contributed by atoms with Gasteiger partial charge < -0.3 is 14.5 Å². The van der Waals surface area contributed by atoms with Gasteiger partial charge in [0.2, 0.25) is 11.8 Å². The van der Waals surface area contributed by atoms with Gasteiger partial charge in [0, 0.05) is 44.9 Å². The Kier molecular flexibility index (Phi) is 7.72. The Bertz CT molecular complexity index is 1200. The largest absolute Gasteiger partial charge is 0.416 e. The van der Waals surface area contributed by atoms with E-state index in [0.29, 0.717) is 17.7 Å². The van der Waals surface area contributed by atoms with Crippen LogP contribution in [0.4, 0.5) is 30.7 Å². The van der Waals surface area contributed by atoms with Crippen molar-refractivity contribution in [2.75, 3.05) is 20.6 Å². The first kappa shape index (κ1) is 28.8. The number of hydrogen-bond acceptors (Lipinski definition) is 3. The normalized spacial score (nSPS) is 24.5. The average Bonchev–Trinajstić information content (AvgIpc) is 3.21. The molecule has 0 aromatic heterocycles. The number of amides is 2. The molecule has 2 aromatic rings. The van der Waals surface area contributed by atoms with Crippen LogP contribution in [0, 0.1) is 11.7 Å². The van der Waals surface area contributed by atoms with Crippen LogP contribution in [0.5, 0.6) is 0 Å². The van der Waals surface area contributed by atoms with Crippen molar-refractivity contribution in [2.24, 2.45) is 5.92 Å². The molecule has 0 bridgehead atoms. The number of nitrogens with zero attached hydrogens (tertiary/aromatic N) is 2. The molecular weight excluding hydrogens is 533 g/mol. The molecule has 0 aliphatic carbocycles. The second-order valence-corrected chi connectivity index (χ2v) is 10.2. The molecule has 5 nitrogen and oxygen atoms in total. The quantitative estimate of drug-likeness (QED) is 0.435. The summed E-state index contributed by atoms with van der Waals surface area (Å²) in [5, 5.41) is 0. The zero-order valence-corrected chi connectivity index (χ0v) is 21.3. The molecule has 2 aliphatic rings. The maximum atomic E-state index is 13.7. The van der Waals surface area contributed by atoms with Crippen molar-refractivity contribution in [1.29, 1.82) is 0 Å². The van der Waals surface area contributed by atoms with E-state index in [2.05, 4.69) is 0 Å². The minimum Gasteiger partial charge on any atom is -0.368 e. The lowest BCUT2D eigenvalue weighted by Gasteiger charge is -2.37. The molecule has 2 saturated heterocycles. The molecule has 0 saturated carbocycles. The summed E-state index contributed by atoms with van der Waals surface area (Å²) in [4.78, 5) is 28.7. The third-order valence-electron chi connectivity index (χ3n) is 7.36. The highest BCUT2D eigenvalue weighted by Gasteiger charge is 2.50. The summed E-state index contributed by atoms with van der Waals surface area (Å²) in [6, 6.07) is 6.18. The molecular formula is C27H27F7N2O3. The van der Waals surface area contributed by atoms with Crippen molar-refractivity contribution in [2.45, 2.75) is 56.3 Å². The van der Waals surface area contributed by atoms with Crippen LogP contribution in [-0.4, -0.2) is 54.4 Å². The van der Waals surface area contributed by atoms with Gasteiger partial charge in [0.05, 0.1) is 23.3 Å². The predicted molar refractivity (Wildman–Crippen MR) is 126 cm³/mol. The second kappa shape index (κ2) is 10.4. The van der Waals surface area contributed by atoms with Gasteiger partial charge in [-0.05, 0) is 54.8 Å². The van der Waals surface area contributed by atoms with Crippen LogP contribution in [0.3, 0.4) is 0 Å². The molecule has 0 radical (unpaired) electrons. The van der Waals surface area contributed by atoms with Crippen LogP contribution in [0.2, 0.25) is 0 Å². The fourth-order valence-electron chi connectivity index (χ4n) is 5.51. The maximum absolute atomic E-state index is 13.7. The van der Waals surface area contributed by atoms with Crippen LogP contribution in [0.1, 0.15) is 54.0 Å². The highest BCUT2D eigenvalue weighted by molar-refractivity contribution is 5.87.